The summed E-state index contributed by atoms with van der Waals surface area (Å²) >= 11 is 0. The molecule has 21 heavy (non-hydrogen) atoms. The van der Waals surface area contributed by atoms with Gasteiger partial charge in [-0.1, -0.05) is 17.3 Å². The molecule has 0 bridgehead atoms. The van der Waals surface area contributed by atoms with Crippen LogP contribution in [-0.4, -0.2) is 27.2 Å². The van der Waals surface area contributed by atoms with Gasteiger partial charge in [0.1, 0.15) is 0 Å². The molecule has 8 nitrogen and oxygen atoms in total. The Labute approximate surface area is 120 Å². The van der Waals surface area contributed by atoms with E-state index in [1.54, 1.807) is 19.1 Å². The number of aryl methyl sites for hydroxylation is 1. The van der Waals surface area contributed by atoms with Crippen molar-refractivity contribution in [2.24, 2.45) is 0 Å². The van der Waals surface area contributed by atoms with E-state index in [4.69, 9.17) is 9.63 Å². The molecule has 0 fully saturated rings. The summed E-state index contributed by atoms with van der Waals surface area (Å²) in [5.74, 6) is -0.151. The molecule has 3 N–H and O–H groups in total. The summed E-state index contributed by atoms with van der Waals surface area (Å²) in [4.78, 5) is 26.2. The Balaban J connectivity index is 1.77. The van der Waals surface area contributed by atoms with Crippen molar-refractivity contribution in [2.75, 3.05) is 0 Å². The first-order valence-corrected chi connectivity index (χ1v) is 6.17. The smallest absolute Gasteiger partial charge is 0.335 e. The molecule has 0 spiro atoms. The van der Waals surface area contributed by atoms with Crippen LogP contribution in [0, 0.1) is 6.92 Å². The molecule has 0 aliphatic carbocycles. The zero-order valence-corrected chi connectivity index (χ0v) is 11.3. The molecule has 110 valence electrons. The normalized spacial score (nSPS) is 10.1. The molecule has 2 rings (SSSR count). The van der Waals surface area contributed by atoms with E-state index in [2.05, 4.69) is 20.8 Å². The number of rotatable bonds is 5. The summed E-state index contributed by atoms with van der Waals surface area (Å²) < 4.78 is 4.78. The molecule has 2 amide bonds. The molecule has 0 unspecified atom stereocenters. The van der Waals surface area contributed by atoms with Crippen molar-refractivity contribution in [3.05, 3.63) is 47.1 Å². The van der Waals surface area contributed by atoms with Crippen molar-refractivity contribution in [1.29, 1.82) is 0 Å². The number of nitrogens with zero attached hydrogens (tertiary/aromatic N) is 2. The number of aromatic carboxylic acids is 1. The van der Waals surface area contributed by atoms with Crippen LogP contribution in [0.1, 0.15) is 27.6 Å². The minimum Gasteiger partial charge on any atom is -0.478 e. The van der Waals surface area contributed by atoms with E-state index in [-0.39, 0.29) is 24.7 Å². The summed E-state index contributed by atoms with van der Waals surface area (Å²) in [5, 5.41) is 17.6. The average molecular weight is 290 g/mol. The highest BCUT2D eigenvalue weighted by molar-refractivity contribution is 5.87. The number of urea groups is 1. The molecule has 0 aliphatic heterocycles. The molecular weight excluding hydrogens is 276 g/mol. The van der Waals surface area contributed by atoms with Crippen molar-refractivity contribution in [3.8, 4) is 0 Å². The van der Waals surface area contributed by atoms with Gasteiger partial charge in [0.25, 0.3) is 0 Å². The Kier molecular flexibility index (Phi) is 4.50. The van der Waals surface area contributed by atoms with Gasteiger partial charge in [0.05, 0.1) is 12.1 Å². The highest BCUT2D eigenvalue weighted by Gasteiger charge is 2.06. The molecule has 1 aromatic heterocycles. The lowest BCUT2D eigenvalue weighted by Crippen LogP contribution is -2.34. The number of hydrogen-bond donors (Lipinski definition) is 3. The van der Waals surface area contributed by atoms with Crippen molar-refractivity contribution >= 4 is 12.0 Å². The minimum atomic E-state index is -0.984. The van der Waals surface area contributed by atoms with Crippen LogP contribution in [-0.2, 0) is 13.1 Å². The van der Waals surface area contributed by atoms with Crippen molar-refractivity contribution in [3.63, 3.8) is 0 Å². The maximum absolute atomic E-state index is 11.6. The summed E-state index contributed by atoms with van der Waals surface area (Å²) in [6.45, 7) is 2.12. The number of carboxylic acid groups (broad SMARTS) is 1. The summed E-state index contributed by atoms with van der Waals surface area (Å²) in [7, 11) is 0. The maximum Gasteiger partial charge on any atom is 0.335 e. The van der Waals surface area contributed by atoms with Crippen LogP contribution in [0.4, 0.5) is 4.79 Å². The van der Waals surface area contributed by atoms with Gasteiger partial charge in [-0.3, -0.25) is 0 Å². The Morgan fingerprint density at radius 3 is 2.43 bits per heavy atom. The first kappa shape index (κ1) is 14.5. The lowest BCUT2D eigenvalue weighted by molar-refractivity contribution is 0.0697. The van der Waals surface area contributed by atoms with E-state index < -0.39 is 5.97 Å². The zero-order chi connectivity index (χ0) is 15.2. The third-order valence-corrected chi connectivity index (χ3v) is 2.63. The number of nitrogens with one attached hydrogen (secondary N) is 2. The lowest BCUT2D eigenvalue weighted by Gasteiger charge is -2.06. The van der Waals surface area contributed by atoms with Gasteiger partial charge in [0.15, 0.2) is 5.82 Å². The van der Waals surface area contributed by atoms with Crippen LogP contribution in [0.3, 0.4) is 0 Å². The third-order valence-electron chi connectivity index (χ3n) is 2.63. The van der Waals surface area contributed by atoms with Gasteiger partial charge in [-0.25, -0.2) is 9.59 Å². The maximum atomic E-state index is 11.6. The third kappa shape index (κ3) is 4.30. The highest BCUT2D eigenvalue weighted by Crippen LogP contribution is 2.04. The van der Waals surface area contributed by atoms with Crippen LogP contribution in [0.2, 0.25) is 0 Å². The van der Waals surface area contributed by atoms with E-state index in [1.165, 1.54) is 12.1 Å². The van der Waals surface area contributed by atoms with Crippen LogP contribution in [0.25, 0.3) is 0 Å². The molecule has 0 radical (unpaired) electrons. The van der Waals surface area contributed by atoms with E-state index in [1.807, 2.05) is 0 Å². The Morgan fingerprint density at radius 1 is 1.19 bits per heavy atom. The monoisotopic (exact) mass is 290 g/mol. The topological polar surface area (TPSA) is 117 Å². The summed E-state index contributed by atoms with van der Waals surface area (Å²) in [6, 6.07) is 5.89. The van der Waals surface area contributed by atoms with Crippen LogP contribution in [0.5, 0.6) is 0 Å². The van der Waals surface area contributed by atoms with Gasteiger partial charge in [-0.05, 0) is 17.7 Å². The Bertz CT molecular complexity index is 636. The highest BCUT2D eigenvalue weighted by atomic mass is 16.5. The first-order valence-electron chi connectivity index (χ1n) is 6.17. The molecule has 1 aromatic carbocycles. The fourth-order valence-electron chi connectivity index (χ4n) is 1.58. The minimum absolute atomic E-state index is 0.168. The van der Waals surface area contributed by atoms with Crippen LogP contribution >= 0.6 is 0 Å². The van der Waals surface area contributed by atoms with Crippen molar-refractivity contribution < 1.29 is 19.2 Å². The number of aromatic nitrogens is 2. The number of carboxylic acids is 1. The molecule has 0 saturated carbocycles. The fraction of sp³-hybridized carbons (Fsp3) is 0.231. The van der Waals surface area contributed by atoms with E-state index in [0.717, 1.165) is 5.56 Å². The molecule has 8 heteroatoms. The molecule has 2 aromatic rings. The molecule has 0 saturated heterocycles. The number of carbonyl (C=O) groups is 2. The van der Waals surface area contributed by atoms with Gasteiger partial charge in [0, 0.05) is 13.5 Å². The molecule has 0 aliphatic rings. The predicted octanol–water partition coefficient (Wildman–Crippen LogP) is 1.08. The second-order valence-corrected chi connectivity index (χ2v) is 4.27. The van der Waals surface area contributed by atoms with Crippen molar-refractivity contribution in [1.82, 2.24) is 20.8 Å². The lowest BCUT2D eigenvalue weighted by atomic mass is 10.1. The van der Waals surface area contributed by atoms with E-state index >= 15 is 0 Å². The average Bonchev–Trinajstić information content (AvgIpc) is 2.89. The SMILES string of the molecule is Cc1nc(CNC(=O)NCc2ccc(C(=O)O)cc2)no1. The largest absolute Gasteiger partial charge is 0.478 e. The predicted molar refractivity (Wildman–Crippen MR) is 71.5 cm³/mol. The second kappa shape index (κ2) is 6.51. The van der Waals surface area contributed by atoms with Gasteiger partial charge < -0.3 is 20.3 Å². The number of benzene rings is 1. The van der Waals surface area contributed by atoms with E-state index in [0.29, 0.717) is 11.7 Å². The molecule has 0 atom stereocenters. The Morgan fingerprint density at radius 2 is 1.86 bits per heavy atom. The number of amides is 2. The van der Waals surface area contributed by atoms with Gasteiger partial charge >= 0.3 is 12.0 Å². The molecular formula is C13H14N4O4. The van der Waals surface area contributed by atoms with Crippen molar-refractivity contribution in [2.45, 2.75) is 20.0 Å². The van der Waals surface area contributed by atoms with E-state index in [9.17, 15) is 9.59 Å². The Hall–Kier alpha value is -2.90. The van der Waals surface area contributed by atoms with Crippen LogP contribution < -0.4 is 10.6 Å². The number of hydrogen-bond acceptors (Lipinski definition) is 5. The van der Waals surface area contributed by atoms with Gasteiger partial charge in [-0.15, -0.1) is 0 Å². The fourth-order valence-corrected chi connectivity index (χ4v) is 1.58. The first-order chi connectivity index (χ1) is 10.0. The van der Waals surface area contributed by atoms with Gasteiger partial charge in [-0.2, -0.15) is 4.98 Å². The number of carbonyl (C=O) groups excluding carboxylic acids is 1. The summed E-state index contributed by atoms with van der Waals surface area (Å²) in [5.41, 5.74) is 1.00. The van der Waals surface area contributed by atoms with Crippen LogP contribution in [0.15, 0.2) is 28.8 Å². The second-order valence-electron chi connectivity index (χ2n) is 4.27. The molecule has 1 heterocycles. The zero-order valence-electron chi connectivity index (χ0n) is 11.3. The van der Waals surface area contributed by atoms with Gasteiger partial charge in [0.2, 0.25) is 5.89 Å². The summed E-state index contributed by atoms with van der Waals surface area (Å²) in [6.07, 6.45) is 0. The quantitative estimate of drug-likeness (QED) is 0.758. The standard InChI is InChI=1S/C13H14N4O4/c1-8-16-11(17-21-8)7-15-13(20)14-6-9-2-4-10(5-3-9)12(18)19/h2-5H,6-7H2,1H3,(H,18,19)(H2,14,15,20).